The summed E-state index contributed by atoms with van der Waals surface area (Å²) in [5.41, 5.74) is 1.45. The van der Waals surface area contributed by atoms with Gasteiger partial charge in [-0.3, -0.25) is 4.79 Å². The molecule has 0 saturated heterocycles. The van der Waals surface area contributed by atoms with Crippen LogP contribution < -0.4 is 5.32 Å². The molecule has 11 heteroatoms. The van der Waals surface area contributed by atoms with Crippen molar-refractivity contribution in [1.82, 2.24) is 29.6 Å². The SMILES string of the molecule is Cc1nn(-c2ccc3nnc(C)n3n2)c2c1[C@H](c1ccc(F)c(F)c1F)CC(=O)N2. The maximum absolute atomic E-state index is 14.5. The number of halogens is 3. The lowest BCUT2D eigenvalue weighted by Crippen LogP contribution is -2.26. The molecule has 4 aromatic rings. The maximum Gasteiger partial charge on any atom is 0.226 e. The Labute approximate surface area is 167 Å². The number of carbonyl (C=O) groups is 1. The van der Waals surface area contributed by atoms with Crippen LogP contribution in [0.25, 0.3) is 11.5 Å². The first-order valence-electron chi connectivity index (χ1n) is 9.07. The predicted molar refractivity (Wildman–Crippen MR) is 98.8 cm³/mol. The van der Waals surface area contributed by atoms with Crippen molar-refractivity contribution in [2.24, 2.45) is 0 Å². The molecule has 8 nitrogen and oxygen atoms in total. The first-order chi connectivity index (χ1) is 14.3. The number of hydrogen-bond donors (Lipinski definition) is 1. The van der Waals surface area contributed by atoms with Gasteiger partial charge in [0.15, 0.2) is 34.7 Å². The van der Waals surface area contributed by atoms with E-state index in [1.807, 2.05) is 0 Å². The minimum Gasteiger partial charge on any atom is -0.310 e. The van der Waals surface area contributed by atoms with Crippen molar-refractivity contribution in [3.63, 3.8) is 0 Å². The third-order valence-electron chi connectivity index (χ3n) is 5.16. The molecular weight excluding hydrogens is 399 g/mol. The average Bonchev–Trinajstić information content (AvgIpc) is 3.25. The van der Waals surface area contributed by atoms with Gasteiger partial charge in [0.1, 0.15) is 5.82 Å². The molecule has 3 aromatic heterocycles. The Bertz CT molecular complexity index is 1340. The van der Waals surface area contributed by atoms with Crippen LogP contribution in [0.15, 0.2) is 24.3 Å². The van der Waals surface area contributed by atoms with Gasteiger partial charge in [-0.05, 0) is 37.6 Å². The van der Waals surface area contributed by atoms with Gasteiger partial charge in [0, 0.05) is 17.9 Å². The largest absolute Gasteiger partial charge is 0.310 e. The first-order valence-corrected chi connectivity index (χ1v) is 9.07. The van der Waals surface area contributed by atoms with Gasteiger partial charge in [-0.2, -0.15) is 14.3 Å². The number of amides is 1. The number of hydrogen-bond acceptors (Lipinski definition) is 5. The standard InChI is InChI=1S/C19H14F3N7O/c1-8-16-11(10-3-4-12(20)18(22)17(10)21)7-15(30)23-19(16)29(26-8)14-6-5-13-25-24-9(2)28(13)27-14/h3-6,11H,7H2,1-2H3,(H,23,30)/t11-/m0/s1. The van der Waals surface area contributed by atoms with Crippen molar-refractivity contribution in [1.29, 1.82) is 0 Å². The highest BCUT2D eigenvalue weighted by atomic mass is 19.2. The van der Waals surface area contributed by atoms with E-state index in [9.17, 15) is 18.0 Å². The Morgan fingerprint density at radius 2 is 1.83 bits per heavy atom. The lowest BCUT2D eigenvalue weighted by Gasteiger charge is -2.24. The van der Waals surface area contributed by atoms with Crippen LogP contribution in [0.3, 0.4) is 0 Å². The van der Waals surface area contributed by atoms with E-state index in [0.717, 1.165) is 12.1 Å². The van der Waals surface area contributed by atoms with Crippen molar-refractivity contribution in [2.75, 3.05) is 5.32 Å². The summed E-state index contributed by atoms with van der Waals surface area (Å²) in [4.78, 5) is 12.4. The van der Waals surface area contributed by atoms with E-state index in [0.29, 0.717) is 34.4 Å². The summed E-state index contributed by atoms with van der Waals surface area (Å²) in [5, 5.41) is 19.6. The molecule has 1 aliphatic rings. The summed E-state index contributed by atoms with van der Waals surface area (Å²) in [6.45, 7) is 3.43. The molecule has 1 aromatic carbocycles. The lowest BCUT2D eigenvalue weighted by molar-refractivity contribution is -0.116. The molecule has 1 atom stereocenters. The van der Waals surface area contributed by atoms with Crippen LogP contribution in [0.4, 0.5) is 19.0 Å². The highest BCUT2D eigenvalue weighted by Gasteiger charge is 2.35. The summed E-state index contributed by atoms with van der Waals surface area (Å²) in [6.07, 6.45) is -0.126. The molecule has 4 heterocycles. The molecule has 1 amide bonds. The zero-order valence-corrected chi connectivity index (χ0v) is 15.8. The number of benzene rings is 1. The van der Waals surface area contributed by atoms with Crippen LogP contribution in [0.5, 0.6) is 0 Å². The molecular formula is C19H14F3N7O. The molecule has 0 aliphatic carbocycles. The Kier molecular flexibility index (Phi) is 3.88. The van der Waals surface area contributed by atoms with Gasteiger partial charge in [-0.1, -0.05) is 6.07 Å². The topological polar surface area (TPSA) is 90.0 Å². The van der Waals surface area contributed by atoms with E-state index in [1.165, 1.54) is 9.20 Å². The Morgan fingerprint density at radius 1 is 1.03 bits per heavy atom. The molecule has 1 N–H and O–H groups in total. The minimum atomic E-state index is -1.57. The molecule has 0 fully saturated rings. The summed E-state index contributed by atoms with van der Waals surface area (Å²) in [5.74, 6) is -4.15. The normalized spacial score (nSPS) is 16.0. The molecule has 0 spiro atoms. The fourth-order valence-electron chi connectivity index (χ4n) is 3.79. The minimum absolute atomic E-state index is 0.106. The Hall–Kier alpha value is -3.76. The van der Waals surface area contributed by atoms with Crippen LogP contribution in [-0.4, -0.2) is 35.5 Å². The molecule has 152 valence electrons. The number of carbonyl (C=O) groups excluding carboxylic acids is 1. The molecule has 1 aliphatic heterocycles. The molecule has 30 heavy (non-hydrogen) atoms. The second kappa shape index (κ2) is 6.37. The number of anilines is 1. The third kappa shape index (κ3) is 2.58. The average molecular weight is 413 g/mol. The second-order valence-electron chi connectivity index (χ2n) is 7.04. The highest BCUT2D eigenvalue weighted by molar-refractivity contribution is 5.95. The number of nitrogens with one attached hydrogen (secondary N) is 1. The zero-order chi connectivity index (χ0) is 21.2. The fourth-order valence-corrected chi connectivity index (χ4v) is 3.79. The first kappa shape index (κ1) is 18.3. The van der Waals surface area contributed by atoms with Gasteiger partial charge in [-0.15, -0.1) is 15.3 Å². The van der Waals surface area contributed by atoms with E-state index in [-0.39, 0.29) is 12.0 Å². The van der Waals surface area contributed by atoms with Gasteiger partial charge < -0.3 is 5.32 Å². The highest BCUT2D eigenvalue weighted by Crippen LogP contribution is 2.41. The number of aryl methyl sites for hydroxylation is 2. The van der Waals surface area contributed by atoms with Gasteiger partial charge in [0.25, 0.3) is 0 Å². The number of rotatable bonds is 2. The van der Waals surface area contributed by atoms with Gasteiger partial charge >= 0.3 is 0 Å². The van der Waals surface area contributed by atoms with Gasteiger partial charge in [0.05, 0.1) is 5.69 Å². The lowest BCUT2D eigenvalue weighted by atomic mass is 9.85. The van der Waals surface area contributed by atoms with Crippen LogP contribution in [0.2, 0.25) is 0 Å². The fraction of sp³-hybridized carbons (Fsp3) is 0.211. The van der Waals surface area contributed by atoms with Crippen LogP contribution in [0, 0.1) is 31.3 Å². The van der Waals surface area contributed by atoms with Crippen molar-refractivity contribution in [2.45, 2.75) is 26.2 Å². The maximum atomic E-state index is 14.5. The van der Waals surface area contributed by atoms with E-state index in [2.05, 4.69) is 25.7 Å². The van der Waals surface area contributed by atoms with E-state index in [4.69, 9.17) is 0 Å². The molecule has 0 bridgehead atoms. The van der Waals surface area contributed by atoms with E-state index in [1.54, 1.807) is 26.0 Å². The monoisotopic (exact) mass is 413 g/mol. The van der Waals surface area contributed by atoms with E-state index >= 15 is 0 Å². The molecule has 0 saturated carbocycles. The zero-order valence-electron chi connectivity index (χ0n) is 15.8. The predicted octanol–water partition coefficient (Wildman–Crippen LogP) is 2.82. The smallest absolute Gasteiger partial charge is 0.226 e. The van der Waals surface area contributed by atoms with Crippen LogP contribution >= 0.6 is 0 Å². The number of aromatic nitrogens is 6. The summed E-state index contributed by atoms with van der Waals surface area (Å²) >= 11 is 0. The van der Waals surface area contributed by atoms with Crippen LogP contribution in [0.1, 0.15) is 35.0 Å². The summed E-state index contributed by atoms with van der Waals surface area (Å²) in [6, 6.07) is 5.36. The Morgan fingerprint density at radius 3 is 2.63 bits per heavy atom. The number of nitrogens with zero attached hydrogens (tertiary/aromatic N) is 6. The molecule has 0 unspecified atom stereocenters. The number of fused-ring (bicyclic) bond motifs is 2. The van der Waals surface area contributed by atoms with Gasteiger partial charge in [0.2, 0.25) is 5.91 Å². The second-order valence-corrected chi connectivity index (χ2v) is 7.04. The van der Waals surface area contributed by atoms with Crippen molar-refractivity contribution in [3.05, 3.63) is 64.4 Å². The quantitative estimate of drug-likeness (QED) is 0.511. The van der Waals surface area contributed by atoms with Crippen molar-refractivity contribution >= 4 is 17.4 Å². The van der Waals surface area contributed by atoms with Gasteiger partial charge in [-0.25, -0.2) is 13.2 Å². The molecule has 5 rings (SSSR count). The van der Waals surface area contributed by atoms with Crippen LogP contribution in [-0.2, 0) is 4.79 Å². The molecule has 0 radical (unpaired) electrons. The van der Waals surface area contributed by atoms with Crippen molar-refractivity contribution < 1.29 is 18.0 Å². The van der Waals surface area contributed by atoms with Crippen molar-refractivity contribution in [3.8, 4) is 5.82 Å². The Balaban J connectivity index is 1.70. The summed E-state index contributed by atoms with van der Waals surface area (Å²) in [7, 11) is 0. The van der Waals surface area contributed by atoms with E-state index < -0.39 is 29.3 Å². The summed E-state index contributed by atoms with van der Waals surface area (Å²) < 4.78 is 44.7. The third-order valence-corrected chi connectivity index (χ3v) is 5.16.